The zero-order valence-electron chi connectivity index (χ0n) is 14.3. The molecule has 0 aliphatic carbocycles. The van der Waals surface area contributed by atoms with Crippen molar-refractivity contribution in [3.8, 4) is 11.1 Å². The molecule has 0 unspecified atom stereocenters. The van der Waals surface area contributed by atoms with Crippen molar-refractivity contribution in [1.29, 1.82) is 0 Å². The summed E-state index contributed by atoms with van der Waals surface area (Å²) < 4.78 is 4.92. The molecule has 0 atom stereocenters. The van der Waals surface area contributed by atoms with E-state index in [1.54, 1.807) is 17.4 Å². The van der Waals surface area contributed by atoms with Crippen LogP contribution in [0.15, 0.2) is 53.2 Å². The summed E-state index contributed by atoms with van der Waals surface area (Å²) in [6.07, 6.45) is 3.20. The molecule has 3 rings (SSSR count). The van der Waals surface area contributed by atoms with Gasteiger partial charge in [-0.1, -0.05) is 35.9 Å². The van der Waals surface area contributed by atoms with Crippen LogP contribution in [0.3, 0.4) is 0 Å². The summed E-state index contributed by atoms with van der Waals surface area (Å²) in [5.74, 6) is -0.764. The van der Waals surface area contributed by atoms with E-state index in [9.17, 15) is 9.59 Å². The van der Waals surface area contributed by atoms with E-state index in [0.29, 0.717) is 10.6 Å². The van der Waals surface area contributed by atoms with Gasteiger partial charge in [-0.2, -0.15) is 0 Å². The van der Waals surface area contributed by atoms with E-state index in [4.69, 9.17) is 4.74 Å². The number of methoxy groups -OCH3 is 1. The van der Waals surface area contributed by atoms with Crippen LogP contribution in [-0.4, -0.2) is 19.0 Å². The standard InChI is InChI=1S/C20H17NO3S2/c1-13-5-7-14(8-6-13)16-12-26-19(18(16)20(23)24-2)21-17(22)10-9-15-4-3-11-25-15/h3-12H,1-2H3,(H,21,22)/b10-9+. The first-order valence-electron chi connectivity index (χ1n) is 7.88. The molecule has 4 nitrogen and oxygen atoms in total. The molecule has 2 aromatic heterocycles. The van der Waals surface area contributed by atoms with Gasteiger partial charge in [-0.15, -0.1) is 22.7 Å². The van der Waals surface area contributed by atoms with Crippen molar-refractivity contribution in [3.05, 3.63) is 69.2 Å². The number of aryl methyl sites for hydroxylation is 1. The minimum atomic E-state index is -0.473. The molecule has 6 heteroatoms. The van der Waals surface area contributed by atoms with Crippen LogP contribution in [0.4, 0.5) is 5.00 Å². The fourth-order valence-electron chi connectivity index (χ4n) is 2.40. The molecule has 0 aliphatic rings. The van der Waals surface area contributed by atoms with Gasteiger partial charge in [-0.25, -0.2) is 4.79 Å². The Balaban J connectivity index is 1.88. The zero-order valence-corrected chi connectivity index (χ0v) is 15.9. The van der Waals surface area contributed by atoms with Crippen molar-refractivity contribution >= 4 is 45.6 Å². The number of ether oxygens (including phenoxy) is 1. The molecule has 0 radical (unpaired) electrons. The predicted molar refractivity (Wildman–Crippen MR) is 108 cm³/mol. The van der Waals surface area contributed by atoms with Gasteiger partial charge >= 0.3 is 5.97 Å². The molecule has 2 heterocycles. The number of nitrogens with one attached hydrogen (secondary N) is 1. The molecule has 3 aromatic rings. The van der Waals surface area contributed by atoms with E-state index in [0.717, 1.165) is 21.6 Å². The van der Waals surface area contributed by atoms with Crippen molar-refractivity contribution in [1.82, 2.24) is 0 Å². The Morgan fingerprint density at radius 2 is 1.88 bits per heavy atom. The highest BCUT2D eigenvalue weighted by molar-refractivity contribution is 7.15. The Morgan fingerprint density at radius 1 is 1.12 bits per heavy atom. The third-order valence-corrected chi connectivity index (χ3v) is 5.45. The number of hydrogen-bond donors (Lipinski definition) is 1. The number of thiophene rings is 2. The molecule has 0 spiro atoms. The highest BCUT2D eigenvalue weighted by Gasteiger charge is 2.21. The quantitative estimate of drug-likeness (QED) is 0.485. The van der Waals surface area contributed by atoms with Crippen molar-refractivity contribution in [2.24, 2.45) is 0 Å². The van der Waals surface area contributed by atoms with Gasteiger partial charge in [-0.3, -0.25) is 4.79 Å². The maximum absolute atomic E-state index is 12.3. The summed E-state index contributed by atoms with van der Waals surface area (Å²) in [6, 6.07) is 11.7. The average Bonchev–Trinajstić information content (AvgIpc) is 3.30. The van der Waals surface area contributed by atoms with E-state index < -0.39 is 5.97 Å². The molecule has 0 aliphatic heterocycles. The second-order valence-corrected chi connectivity index (χ2v) is 7.41. The number of amides is 1. The first-order valence-corrected chi connectivity index (χ1v) is 9.64. The van der Waals surface area contributed by atoms with Gasteiger partial charge in [0.25, 0.3) is 0 Å². The monoisotopic (exact) mass is 383 g/mol. The highest BCUT2D eigenvalue weighted by Crippen LogP contribution is 2.36. The van der Waals surface area contributed by atoms with Crippen molar-refractivity contribution in [2.45, 2.75) is 6.92 Å². The topological polar surface area (TPSA) is 55.4 Å². The summed E-state index contributed by atoms with van der Waals surface area (Å²) in [4.78, 5) is 25.5. The minimum absolute atomic E-state index is 0.291. The molecule has 26 heavy (non-hydrogen) atoms. The van der Waals surface area contributed by atoms with Crippen LogP contribution in [0.2, 0.25) is 0 Å². The van der Waals surface area contributed by atoms with Gasteiger partial charge in [0.05, 0.1) is 7.11 Å². The Morgan fingerprint density at radius 3 is 2.54 bits per heavy atom. The Kier molecular flexibility index (Phi) is 5.65. The number of benzene rings is 1. The van der Waals surface area contributed by atoms with Crippen LogP contribution in [0.1, 0.15) is 20.8 Å². The van der Waals surface area contributed by atoms with E-state index in [-0.39, 0.29) is 5.91 Å². The predicted octanol–water partition coefficient (Wildman–Crippen LogP) is 5.22. The van der Waals surface area contributed by atoms with Crippen LogP contribution < -0.4 is 5.32 Å². The van der Waals surface area contributed by atoms with Crippen LogP contribution in [0, 0.1) is 6.92 Å². The largest absolute Gasteiger partial charge is 0.465 e. The van der Waals surface area contributed by atoms with Crippen LogP contribution in [-0.2, 0) is 9.53 Å². The molecule has 1 amide bonds. The van der Waals surface area contributed by atoms with Gasteiger partial charge in [0.1, 0.15) is 10.6 Å². The Hall–Kier alpha value is -2.70. The van der Waals surface area contributed by atoms with Crippen molar-refractivity contribution in [3.63, 3.8) is 0 Å². The first-order chi connectivity index (χ1) is 12.6. The van der Waals surface area contributed by atoms with Gasteiger partial charge in [0.2, 0.25) is 5.91 Å². The SMILES string of the molecule is COC(=O)c1c(-c2ccc(C)cc2)csc1NC(=O)/C=C/c1cccs1. The van der Waals surface area contributed by atoms with E-state index in [2.05, 4.69) is 5.32 Å². The maximum Gasteiger partial charge on any atom is 0.341 e. The van der Waals surface area contributed by atoms with Gasteiger partial charge < -0.3 is 10.1 Å². The summed E-state index contributed by atoms with van der Waals surface area (Å²) in [5, 5.41) is 7.07. The third-order valence-electron chi connectivity index (χ3n) is 3.72. The molecule has 132 valence electrons. The molecule has 1 N–H and O–H groups in total. The molecule has 1 aromatic carbocycles. The summed E-state index contributed by atoms with van der Waals surface area (Å²) in [7, 11) is 1.33. The second-order valence-electron chi connectivity index (χ2n) is 5.55. The summed E-state index contributed by atoms with van der Waals surface area (Å²) >= 11 is 2.85. The number of esters is 1. The first kappa shape index (κ1) is 18.1. The fraction of sp³-hybridized carbons (Fsp3) is 0.100. The minimum Gasteiger partial charge on any atom is -0.465 e. The number of hydrogen-bond acceptors (Lipinski definition) is 5. The second kappa shape index (κ2) is 8.12. The molecular weight excluding hydrogens is 366 g/mol. The van der Waals surface area contributed by atoms with Crippen LogP contribution in [0.25, 0.3) is 17.2 Å². The average molecular weight is 383 g/mol. The number of rotatable bonds is 5. The highest BCUT2D eigenvalue weighted by atomic mass is 32.1. The number of carbonyl (C=O) groups is 2. The summed E-state index contributed by atoms with van der Waals surface area (Å²) in [5.41, 5.74) is 3.16. The molecule has 0 bridgehead atoms. The lowest BCUT2D eigenvalue weighted by Crippen LogP contribution is -2.11. The normalized spacial score (nSPS) is 10.8. The van der Waals surface area contributed by atoms with E-state index >= 15 is 0 Å². The lowest BCUT2D eigenvalue weighted by molar-refractivity contribution is -0.111. The molecule has 0 saturated heterocycles. The maximum atomic E-state index is 12.3. The van der Waals surface area contributed by atoms with Crippen LogP contribution in [0.5, 0.6) is 0 Å². The zero-order chi connectivity index (χ0) is 18.5. The van der Waals surface area contributed by atoms with Crippen molar-refractivity contribution < 1.29 is 14.3 Å². The third kappa shape index (κ3) is 4.09. The smallest absolute Gasteiger partial charge is 0.341 e. The van der Waals surface area contributed by atoms with Gasteiger partial charge in [0.15, 0.2) is 0 Å². The fourth-order valence-corrected chi connectivity index (χ4v) is 3.98. The number of anilines is 1. The van der Waals surface area contributed by atoms with Gasteiger partial charge in [-0.05, 0) is 30.0 Å². The van der Waals surface area contributed by atoms with Crippen LogP contribution >= 0.6 is 22.7 Å². The van der Waals surface area contributed by atoms with Crippen molar-refractivity contribution in [2.75, 3.05) is 12.4 Å². The molecule has 0 fully saturated rings. The van der Waals surface area contributed by atoms with E-state index in [1.165, 1.54) is 24.5 Å². The van der Waals surface area contributed by atoms with E-state index in [1.807, 2.05) is 54.1 Å². The lowest BCUT2D eigenvalue weighted by Gasteiger charge is -2.07. The Labute approximate surface area is 159 Å². The molecular formula is C20H17NO3S2. The molecule has 0 saturated carbocycles. The Bertz CT molecular complexity index is 938. The summed E-state index contributed by atoms with van der Waals surface area (Å²) in [6.45, 7) is 2.00. The lowest BCUT2D eigenvalue weighted by atomic mass is 10.0. The number of carbonyl (C=O) groups excluding carboxylic acids is 2. The van der Waals surface area contributed by atoms with Gasteiger partial charge in [0, 0.05) is 21.9 Å².